The topological polar surface area (TPSA) is 266 Å². The Hall–Kier alpha value is -8.62. The first-order chi connectivity index (χ1) is 57.6. The summed E-state index contributed by atoms with van der Waals surface area (Å²) in [6.07, 6.45) is 23.2. The number of rotatable bonds is 8. The van der Waals surface area contributed by atoms with Crippen LogP contribution in [0.5, 0.6) is 0 Å². The van der Waals surface area contributed by atoms with Gasteiger partial charge in [-0.1, -0.05) is 0 Å². The predicted octanol–water partition coefficient (Wildman–Crippen LogP) is 18.7. The van der Waals surface area contributed by atoms with Gasteiger partial charge in [0, 0.05) is 178 Å². The summed E-state index contributed by atoms with van der Waals surface area (Å²) >= 11 is 16.2. The lowest BCUT2D eigenvalue weighted by atomic mass is 10.0. The number of nitrogens with zero attached hydrogens (tertiary/aromatic N) is 10. The monoisotopic (exact) mass is 1740 g/mol. The molecule has 8 atom stereocenters. The number of thiophene rings is 8. The number of aromatic amines is 5. The molecule has 0 aliphatic carbocycles. The van der Waals surface area contributed by atoms with Crippen molar-refractivity contribution in [2.75, 3.05) is 52.9 Å². The van der Waals surface area contributed by atoms with Crippen molar-refractivity contribution >= 4 is 102 Å². The molecule has 0 bridgehead atoms. The highest BCUT2D eigenvalue weighted by atomic mass is 32.1. The van der Waals surface area contributed by atoms with E-state index in [1.807, 2.05) is 184 Å². The molecule has 24 rings (SSSR count). The Morgan fingerprint density at radius 3 is 1.23 bits per heavy atom. The fraction of sp³-hybridized carbons (Fsp3) is 0.341. The highest BCUT2D eigenvalue weighted by Crippen LogP contribution is 2.43. The predicted molar refractivity (Wildman–Crippen MR) is 462 cm³/mol. The quantitative estimate of drug-likeness (QED) is 0.0946. The first-order valence-corrected chi connectivity index (χ1v) is 46.9. The molecule has 117 heavy (non-hydrogen) atoms. The molecule has 0 amide bonds. The second-order valence-corrected chi connectivity index (χ2v) is 37.2. The van der Waals surface area contributed by atoms with Gasteiger partial charge < -0.3 is 57.4 Å². The molecule has 0 radical (unpaired) electrons. The summed E-state index contributed by atoms with van der Waals surface area (Å²) in [7, 11) is 3.96. The number of hydrogen-bond donors (Lipinski definition) is 5. The number of aryl methyl sites for hydroxylation is 5. The van der Waals surface area contributed by atoms with Gasteiger partial charge in [0.15, 0.2) is 0 Å². The Morgan fingerprint density at radius 2 is 0.838 bits per heavy atom. The third-order valence-electron chi connectivity index (χ3n) is 21.1. The molecule has 8 aliphatic heterocycles. The van der Waals surface area contributed by atoms with E-state index in [0.29, 0.717) is 0 Å². The summed E-state index contributed by atoms with van der Waals surface area (Å²) in [6.45, 7) is 12.4. The van der Waals surface area contributed by atoms with E-state index in [1.165, 1.54) is 83.5 Å². The van der Waals surface area contributed by atoms with Crippen LogP contribution in [-0.4, -0.2) is 127 Å². The Morgan fingerprint density at radius 1 is 0.393 bits per heavy atom. The minimum Gasteiger partial charge on any atom is -0.367 e. The molecule has 0 saturated heterocycles. The van der Waals surface area contributed by atoms with Crippen molar-refractivity contribution in [2.24, 2.45) is 14.1 Å². The molecule has 8 aliphatic rings. The van der Waals surface area contributed by atoms with Gasteiger partial charge in [0.1, 0.15) is 54.7 Å². The summed E-state index contributed by atoms with van der Waals surface area (Å²) in [5.74, 6) is 0.941. The van der Waals surface area contributed by atoms with Gasteiger partial charge in [-0.2, -0.15) is 15.3 Å². The van der Waals surface area contributed by atoms with Crippen LogP contribution >= 0.6 is 102 Å². The fourth-order valence-electron chi connectivity index (χ4n) is 15.4. The van der Waals surface area contributed by atoms with Gasteiger partial charge in [0.05, 0.1) is 141 Å². The molecule has 0 fully saturated rings. The number of aromatic nitrogens is 15. The minimum absolute atomic E-state index is 0.0324. The Balaban J connectivity index is 0.0000000960. The van der Waals surface area contributed by atoms with Crippen molar-refractivity contribution in [1.29, 1.82) is 0 Å². The molecule has 5 N–H and O–H groups in total. The summed E-state index contributed by atoms with van der Waals surface area (Å²) in [5.41, 5.74) is 22.9. The molecule has 24 heterocycles. The van der Waals surface area contributed by atoms with Gasteiger partial charge in [-0.25, -0.2) is 24.9 Å². The van der Waals surface area contributed by atoms with Gasteiger partial charge in [-0.05, 0) is 131 Å². The SMILES string of the molecule is Cc1[nH]cnc1C1OCCc2sccc21.Cc1cc(C2OCCc3sccc32)n[nH]1.Cc1ncc(C2OCCc3sccc32)[nH]1.Cn1cncc1C1OCCc2sccc21.Cn1nccc1C1OCCc2sccc21.c1cc(C2OCCc3sccc32)[nH]n1.c1nc(C2OCCc3sccc32)cs1.c1ncc(C2OCCc3sccc32)[nH]1. The molecular weight excluding hydrogens is 1650 g/mol. The van der Waals surface area contributed by atoms with Crippen molar-refractivity contribution in [2.45, 2.75) is 121 Å². The van der Waals surface area contributed by atoms with Crippen molar-refractivity contribution in [3.05, 3.63) is 317 Å². The van der Waals surface area contributed by atoms with E-state index in [1.54, 1.807) is 30.2 Å². The summed E-state index contributed by atoms with van der Waals surface area (Å²) in [6, 6.07) is 23.3. The third-order valence-corrected chi connectivity index (χ3v) is 29.7. The maximum atomic E-state index is 5.83. The summed E-state index contributed by atoms with van der Waals surface area (Å²) in [5, 5.41) is 37.5. The van der Waals surface area contributed by atoms with E-state index < -0.39 is 0 Å². The lowest BCUT2D eigenvalue weighted by Gasteiger charge is -2.23. The number of thiazole rings is 1. The van der Waals surface area contributed by atoms with Crippen LogP contribution in [0.1, 0.15) is 195 Å². The van der Waals surface area contributed by atoms with Crippen LogP contribution in [0.2, 0.25) is 0 Å². The van der Waals surface area contributed by atoms with Crippen LogP contribution in [0.15, 0.2) is 171 Å². The van der Waals surface area contributed by atoms with Crippen LogP contribution in [0.4, 0.5) is 0 Å². The Kier molecular flexibility index (Phi) is 26.7. The maximum absolute atomic E-state index is 5.83. The highest BCUT2D eigenvalue weighted by Gasteiger charge is 2.33. The minimum atomic E-state index is 0.0324. The molecule has 0 saturated carbocycles. The summed E-state index contributed by atoms with van der Waals surface area (Å²) < 4.78 is 50.2. The standard InChI is InChI=1S/5C11H12N2OS.2C10H10N2OS.C10H9NOS2/c1-13-9(2-5-12-13)11-8-4-7-15-10(8)3-6-14-11;1-13-7-12-6-9(13)11-8-3-5-15-10(8)2-4-14-11;1-7-12-6-9(13-7)11-8-3-5-15-10(8)2-4-14-11;1-7-10(13-6-12-7)11-8-3-5-15-9(8)2-4-14-11;1-7-6-9(13-12-7)11-8-3-5-15-10(8)2-4-14-11;1-4-11-12-8(1)10-7-3-6-14-9(7)2-5-13-10;1-3-13-10(8-5-11-6-12-8)7-2-4-14-9(1)7;1-3-12-10(8-5-13-6-11-8)7-2-4-14-9(1)7/h2,4-5,7,11H,3,6H2,1H3;3,5-7,11H,2,4H2,1H3;3*3,5-6,11H,2,4H2,1H3,(H,12,13);1,3-4,6,10H,2,5H2,(H,11,12);2,4-6,10H,1,3H2,(H,11,12);2,4-6,10H,1,3H2. The molecule has 8 unspecified atom stereocenters. The van der Waals surface area contributed by atoms with Crippen molar-refractivity contribution < 1.29 is 37.9 Å². The molecule has 32 heteroatoms. The van der Waals surface area contributed by atoms with Gasteiger partial charge >= 0.3 is 0 Å². The third kappa shape index (κ3) is 18.7. The number of ether oxygens (including phenoxy) is 8. The Labute approximate surface area is 713 Å². The average molecular weight is 1740 g/mol. The highest BCUT2D eigenvalue weighted by molar-refractivity contribution is 7.12. The van der Waals surface area contributed by atoms with E-state index in [9.17, 15) is 0 Å². The first kappa shape index (κ1) is 80.8. The molecule has 23 nitrogen and oxygen atoms in total. The number of hydrogen-bond acceptors (Lipinski definition) is 25. The number of nitrogens with one attached hydrogen (secondary N) is 5. The normalized spacial score (nSPS) is 20.4. The molecule has 0 aromatic carbocycles. The van der Waals surface area contributed by atoms with Gasteiger partial charge in [-0.3, -0.25) is 14.9 Å². The van der Waals surface area contributed by atoms with Crippen LogP contribution < -0.4 is 0 Å². The Bertz CT molecular complexity index is 5210. The average Bonchev–Trinajstić information content (AvgIpc) is 1.69. The van der Waals surface area contributed by atoms with E-state index in [2.05, 4.69) is 168 Å². The van der Waals surface area contributed by atoms with Crippen LogP contribution in [0.25, 0.3) is 0 Å². The number of fused-ring (bicyclic) bond motifs is 8. The van der Waals surface area contributed by atoms with Gasteiger partial charge in [0.2, 0.25) is 0 Å². The number of imidazole rings is 4. The first-order valence-electron chi connectivity index (χ1n) is 38.9. The lowest BCUT2D eigenvalue weighted by Crippen LogP contribution is -2.17. The van der Waals surface area contributed by atoms with Gasteiger partial charge in [-0.15, -0.1) is 102 Å². The molecular formula is C85H89N15O8S9. The maximum Gasteiger partial charge on any atom is 0.127 e. The summed E-state index contributed by atoms with van der Waals surface area (Å²) in [4.78, 5) is 42.0. The molecule has 16 aromatic rings. The fourth-order valence-corrected chi connectivity index (χ4v) is 23.1. The van der Waals surface area contributed by atoms with Crippen molar-refractivity contribution in [1.82, 2.24) is 74.6 Å². The zero-order chi connectivity index (χ0) is 79.4. The van der Waals surface area contributed by atoms with E-state index in [4.69, 9.17) is 37.9 Å². The smallest absolute Gasteiger partial charge is 0.127 e. The largest absolute Gasteiger partial charge is 0.367 e. The van der Waals surface area contributed by atoms with Crippen molar-refractivity contribution in [3.63, 3.8) is 0 Å². The molecule has 606 valence electrons. The molecule has 16 aromatic heterocycles. The van der Waals surface area contributed by atoms with E-state index in [0.717, 1.165) is 167 Å². The lowest BCUT2D eigenvalue weighted by molar-refractivity contribution is 0.0659. The van der Waals surface area contributed by atoms with Crippen LogP contribution in [-0.2, 0) is 103 Å². The van der Waals surface area contributed by atoms with Gasteiger partial charge in [0.25, 0.3) is 0 Å². The number of H-pyrrole nitrogens is 5. The van der Waals surface area contributed by atoms with Crippen LogP contribution in [0, 0.1) is 20.8 Å². The second-order valence-electron chi connectivity index (χ2n) is 28.5. The van der Waals surface area contributed by atoms with Crippen molar-refractivity contribution in [3.8, 4) is 0 Å². The van der Waals surface area contributed by atoms with E-state index >= 15 is 0 Å². The molecule has 0 spiro atoms. The van der Waals surface area contributed by atoms with Crippen LogP contribution in [0.3, 0.4) is 0 Å². The second kappa shape index (κ2) is 38.6. The zero-order valence-electron chi connectivity index (χ0n) is 65.1. The van der Waals surface area contributed by atoms with E-state index in [-0.39, 0.29) is 48.8 Å². The zero-order valence-corrected chi connectivity index (χ0v) is 72.4.